The number of nitrogens with zero attached hydrogens (tertiary/aromatic N) is 1. The monoisotopic (exact) mass is 364 g/mol. The normalized spacial score (nSPS) is 17.1. The number of nitrogens with two attached hydrogens (primary N) is 1. The van der Waals surface area contributed by atoms with E-state index in [-0.39, 0.29) is 17.7 Å². The number of benzene rings is 1. The Morgan fingerprint density at radius 3 is 2.48 bits per heavy atom. The van der Waals surface area contributed by atoms with E-state index in [2.05, 4.69) is 31.7 Å². The van der Waals surface area contributed by atoms with Crippen molar-refractivity contribution in [2.75, 3.05) is 5.32 Å². The predicted octanol–water partition coefficient (Wildman–Crippen LogP) is 3.64. The number of guanidine groups is 1. The van der Waals surface area contributed by atoms with Crippen LogP contribution in [0.5, 0.6) is 0 Å². The Bertz CT molecular complexity index is 525. The summed E-state index contributed by atoms with van der Waals surface area (Å²) < 4.78 is 38.7. The molecule has 0 aromatic heterocycles. The Hall–Kier alpha value is -1.28. The van der Waals surface area contributed by atoms with Crippen LogP contribution in [0.15, 0.2) is 27.7 Å². The summed E-state index contributed by atoms with van der Waals surface area (Å²) in [5.41, 5.74) is 1.93. The molecule has 116 valence electrons. The predicted molar refractivity (Wildman–Crippen MR) is 79.8 cm³/mol. The van der Waals surface area contributed by atoms with Gasteiger partial charge in [-0.2, -0.15) is 13.2 Å². The summed E-state index contributed by atoms with van der Waals surface area (Å²) in [4.78, 5) is 4.38. The molecule has 0 amide bonds. The fourth-order valence-corrected chi connectivity index (χ4v) is 2.78. The van der Waals surface area contributed by atoms with Gasteiger partial charge >= 0.3 is 6.18 Å². The van der Waals surface area contributed by atoms with Gasteiger partial charge in [-0.25, -0.2) is 10.8 Å². The molecule has 0 spiro atoms. The number of nitrogens with one attached hydrogen (secondary N) is 2. The van der Waals surface area contributed by atoms with Gasteiger partial charge in [0.15, 0.2) is 0 Å². The third-order valence-electron chi connectivity index (χ3n) is 3.26. The van der Waals surface area contributed by atoms with Crippen LogP contribution in [-0.4, -0.2) is 12.0 Å². The molecular formula is C13H16BrF3N4. The van der Waals surface area contributed by atoms with E-state index in [1.165, 1.54) is 6.07 Å². The highest BCUT2D eigenvalue weighted by molar-refractivity contribution is 9.10. The second-order valence-corrected chi connectivity index (χ2v) is 5.83. The van der Waals surface area contributed by atoms with E-state index in [0.29, 0.717) is 4.47 Å². The van der Waals surface area contributed by atoms with Gasteiger partial charge in [-0.15, -0.1) is 0 Å². The number of hydrogen-bond donors (Lipinski definition) is 3. The van der Waals surface area contributed by atoms with Gasteiger partial charge in [-0.1, -0.05) is 28.8 Å². The summed E-state index contributed by atoms with van der Waals surface area (Å²) in [6.07, 6.45) is -0.236. The minimum absolute atomic E-state index is 0.165. The van der Waals surface area contributed by atoms with Gasteiger partial charge in [0.25, 0.3) is 0 Å². The first-order valence-electron chi connectivity index (χ1n) is 6.57. The largest absolute Gasteiger partial charge is 0.416 e. The average Bonchev–Trinajstić information content (AvgIpc) is 2.89. The molecule has 0 atom stereocenters. The van der Waals surface area contributed by atoms with Crippen LogP contribution in [0.1, 0.15) is 31.2 Å². The lowest BCUT2D eigenvalue weighted by Gasteiger charge is -2.14. The van der Waals surface area contributed by atoms with Gasteiger partial charge in [0.1, 0.15) is 0 Å². The minimum Gasteiger partial charge on any atom is -0.325 e. The quantitative estimate of drug-likeness (QED) is 0.325. The lowest BCUT2D eigenvalue weighted by molar-refractivity contribution is -0.137. The molecule has 2 rings (SSSR count). The first kappa shape index (κ1) is 16.1. The zero-order chi connectivity index (χ0) is 15.5. The minimum atomic E-state index is -4.40. The SMILES string of the molecule is NNC(=NC1CCCC1)Nc1cc(Br)cc(C(F)(F)F)c1. The van der Waals surface area contributed by atoms with Crippen LogP contribution in [0.4, 0.5) is 18.9 Å². The molecule has 0 heterocycles. The molecule has 0 aliphatic heterocycles. The maximum Gasteiger partial charge on any atom is 0.416 e. The second-order valence-electron chi connectivity index (χ2n) is 4.91. The number of hydrazine groups is 1. The third-order valence-corrected chi connectivity index (χ3v) is 3.72. The van der Waals surface area contributed by atoms with E-state index in [1.807, 2.05) is 0 Å². The third kappa shape index (κ3) is 4.60. The van der Waals surface area contributed by atoms with Crippen LogP contribution >= 0.6 is 15.9 Å². The van der Waals surface area contributed by atoms with Crippen molar-refractivity contribution in [3.63, 3.8) is 0 Å². The summed E-state index contributed by atoms with van der Waals surface area (Å²) in [5.74, 6) is 5.65. The zero-order valence-electron chi connectivity index (χ0n) is 11.2. The van der Waals surface area contributed by atoms with Gasteiger partial charge in [-0.05, 0) is 31.0 Å². The standard InChI is InChI=1S/C13H16BrF3N4/c14-9-5-8(13(15,16)17)6-11(7-9)20-12(21-18)19-10-3-1-2-4-10/h5-7,10H,1-4,18H2,(H2,19,20,21). The van der Waals surface area contributed by atoms with Crippen LogP contribution in [0.2, 0.25) is 0 Å². The molecule has 0 bridgehead atoms. The first-order chi connectivity index (χ1) is 9.88. The summed E-state index contributed by atoms with van der Waals surface area (Å²) in [6.45, 7) is 0. The highest BCUT2D eigenvalue weighted by Crippen LogP contribution is 2.33. The number of halogens is 4. The van der Waals surface area contributed by atoms with Crippen molar-refractivity contribution < 1.29 is 13.2 Å². The van der Waals surface area contributed by atoms with Crippen LogP contribution in [0, 0.1) is 0 Å². The molecule has 8 heteroatoms. The molecule has 0 unspecified atom stereocenters. The first-order valence-corrected chi connectivity index (χ1v) is 7.37. The van der Waals surface area contributed by atoms with E-state index in [1.54, 1.807) is 0 Å². The second kappa shape index (κ2) is 6.65. The van der Waals surface area contributed by atoms with Crippen molar-refractivity contribution in [2.24, 2.45) is 10.8 Å². The van der Waals surface area contributed by atoms with E-state index in [0.717, 1.165) is 37.8 Å². The molecule has 1 aromatic carbocycles. The van der Waals surface area contributed by atoms with Gasteiger partial charge in [0, 0.05) is 10.2 Å². The Kier molecular flexibility index (Phi) is 5.10. The summed E-state index contributed by atoms with van der Waals surface area (Å²) in [6, 6.07) is 3.75. The van der Waals surface area contributed by atoms with Gasteiger partial charge in [0.2, 0.25) is 5.96 Å². The Labute approximate surface area is 129 Å². The molecule has 1 aliphatic carbocycles. The van der Waals surface area contributed by atoms with Crippen molar-refractivity contribution in [3.8, 4) is 0 Å². The van der Waals surface area contributed by atoms with Crippen molar-refractivity contribution in [1.29, 1.82) is 0 Å². The molecule has 1 saturated carbocycles. The van der Waals surface area contributed by atoms with Gasteiger partial charge < -0.3 is 5.32 Å². The maximum atomic E-state index is 12.8. The Morgan fingerprint density at radius 2 is 1.90 bits per heavy atom. The molecule has 4 N–H and O–H groups in total. The van der Waals surface area contributed by atoms with Crippen molar-refractivity contribution >= 4 is 27.6 Å². The highest BCUT2D eigenvalue weighted by Gasteiger charge is 2.31. The number of aliphatic imine (C=N–C) groups is 1. The maximum absolute atomic E-state index is 12.8. The topological polar surface area (TPSA) is 62.4 Å². The van der Waals surface area contributed by atoms with Crippen LogP contribution < -0.4 is 16.6 Å². The highest BCUT2D eigenvalue weighted by atomic mass is 79.9. The molecule has 0 radical (unpaired) electrons. The lowest BCUT2D eigenvalue weighted by Crippen LogP contribution is -2.37. The zero-order valence-corrected chi connectivity index (χ0v) is 12.8. The molecule has 4 nitrogen and oxygen atoms in total. The van der Waals surface area contributed by atoms with Crippen LogP contribution in [0.25, 0.3) is 0 Å². The van der Waals surface area contributed by atoms with E-state index in [9.17, 15) is 13.2 Å². The number of alkyl halides is 3. The fourth-order valence-electron chi connectivity index (χ4n) is 2.28. The molecular weight excluding hydrogens is 349 g/mol. The summed E-state index contributed by atoms with van der Waals surface area (Å²) in [7, 11) is 0. The van der Waals surface area contributed by atoms with Crippen LogP contribution in [-0.2, 0) is 6.18 Å². The Balaban J connectivity index is 2.19. The number of anilines is 1. The fraction of sp³-hybridized carbons (Fsp3) is 0.462. The van der Waals surface area contributed by atoms with Crippen molar-refractivity contribution in [1.82, 2.24) is 5.43 Å². The van der Waals surface area contributed by atoms with Gasteiger partial charge in [-0.3, -0.25) is 5.43 Å². The average molecular weight is 365 g/mol. The molecule has 0 saturated heterocycles. The lowest BCUT2D eigenvalue weighted by atomic mass is 10.2. The molecule has 1 aromatic rings. The van der Waals surface area contributed by atoms with Gasteiger partial charge in [0.05, 0.1) is 11.6 Å². The van der Waals surface area contributed by atoms with Crippen LogP contribution in [0.3, 0.4) is 0 Å². The molecule has 1 aliphatic rings. The molecule has 1 fully saturated rings. The van der Waals surface area contributed by atoms with Crippen molar-refractivity contribution in [2.45, 2.75) is 37.9 Å². The number of hydrogen-bond acceptors (Lipinski definition) is 2. The summed E-state index contributed by atoms with van der Waals surface area (Å²) in [5, 5.41) is 2.79. The van der Waals surface area contributed by atoms with E-state index in [4.69, 9.17) is 5.84 Å². The smallest absolute Gasteiger partial charge is 0.325 e. The van der Waals surface area contributed by atoms with E-state index < -0.39 is 11.7 Å². The molecule has 21 heavy (non-hydrogen) atoms. The number of rotatable bonds is 2. The van der Waals surface area contributed by atoms with E-state index >= 15 is 0 Å². The summed E-state index contributed by atoms with van der Waals surface area (Å²) >= 11 is 3.07. The Morgan fingerprint density at radius 1 is 1.24 bits per heavy atom. The van der Waals surface area contributed by atoms with Crippen molar-refractivity contribution in [3.05, 3.63) is 28.2 Å².